The summed E-state index contributed by atoms with van der Waals surface area (Å²) >= 11 is 3.42. The molecule has 0 atom stereocenters. The van der Waals surface area contributed by atoms with Gasteiger partial charge in [0.1, 0.15) is 11.4 Å². The molecule has 0 bridgehead atoms. The van der Waals surface area contributed by atoms with Crippen LogP contribution >= 0.6 is 22.7 Å². The Morgan fingerprint density at radius 3 is 2.42 bits per heavy atom. The summed E-state index contributed by atoms with van der Waals surface area (Å²) in [7, 11) is 0. The SMILES string of the molecule is Cc1cc2sc(-c3ccc(-c4cc(C(F)(F)F)[nH]n4)nc3)cc2s1. The molecular weight excluding hydrogens is 355 g/mol. The number of alkyl halides is 3. The molecule has 0 unspecified atom stereocenters. The van der Waals surface area contributed by atoms with Crippen molar-refractivity contribution >= 4 is 32.1 Å². The molecule has 0 spiro atoms. The number of aromatic nitrogens is 3. The van der Waals surface area contributed by atoms with E-state index in [2.05, 4.69) is 29.1 Å². The van der Waals surface area contributed by atoms with Gasteiger partial charge in [0, 0.05) is 30.9 Å². The van der Waals surface area contributed by atoms with E-state index < -0.39 is 11.9 Å². The molecule has 0 radical (unpaired) electrons. The second-order valence-electron chi connectivity index (χ2n) is 5.29. The fourth-order valence-electron chi connectivity index (χ4n) is 2.39. The van der Waals surface area contributed by atoms with Gasteiger partial charge in [0.25, 0.3) is 0 Å². The molecule has 4 aromatic rings. The van der Waals surface area contributed by atoms with E-state index in [0.717, 1.165) is 16.5 Å². The summed E-state index contributed by atoms with van der Waals surface area (Å²) in [5.74, 6) is 0. The predicted molar refractivity (Wildman–Crippen MR) is 90.3 cm³/mol. The van der Waals surface area contributed by atoms with Gasteiger partial charge in [-0.05, 0) is 37.3 Å². The summed E-state index contributed by atoms with van der Waals surface area (Å²) in [5, 5.41) is 5.69. The van der Waals surface area contributed by atoms with Crippen molar-refractivity contribution in [3.63, 3.8) is 0 Å². The minimum absolute atomic E-state index is 0.177. The number of aromatic amines is 1. The number of rotatable bonds is 2. The minimum Gasteiger partial charge on any atom is -0.273 e. The van der Waals surface area contributed by atoms with Crippen molar-refractivity contribution in [2.24, 2.45) is 0 Å². The summed E-state index contributed by atoms with van der Waals surface area (Å²) < 4.78 is 40.3. The second kappa shape index (κ2) is 5.42. The van der Waals surface area contributed by atoms with Gasteiger partial charge in [0.2, 0.25) is 0 Å². The van der Waals surface area contributed by atoms with Crippen LogP contribution in [0.3, 0.4) is 0 Å². The average Bonchev–Trinajstić information content (AvgIpc) is 3.20. The minimum atomic E-state index is -4.44. The quantitative estimate of drug-likeness (QED) is 0.492. The monoisotopic (exact) mass is 365 g/mol. The van der Waals surface area contributed by atoms with E-state index in [1.165, 1.54) is 14.3 Å². The highest BCUT2D eigenvalue weighted by Gasteiger charge is 2.33. The lowest BCUT2D eigenvalue weighted by atomic mass is 10.2. The number of H-pyrrole nitrogens is 1. The largest absolute Gasteiger partial charge is 0.432 e. The third-order valence-electron chi connectivity index (χ3n) is 3.52. The van der Waals surface area contributed by atoms with Crippen LogP contribution in [0, 0.1) is 6.92 Å². The fraction of sp³-hybridized carbons (Fsp3) is 0.125. The van der Waals surface area contributed by atoms with Crippen LogP contribution in [-0.4, -0.2) is 15.2 Å². The summed E-state index contributed by atoms with van der Waals surface area (Å²) in [6.07, 6.45) is -2.77. The van der Waals surface area contributed by atoms with E-state index in [9.17, 15) is 13.2 Å². The molecule has 122 valence electrons. The van der Waals surface area contributed by atoms with Crippen molar-refractivity contribution < 1.29 is 13.2 Å². The number of halogens is 3. The Balaban J connectivity index is 1.64. The van der Waals surface area contributed by atoms with Gasteiger partial charge in [0.05, 0.1) is 5.69 Å². The van der Waals surface area contributed by atoms with Gasteiger partial charge < -0.3 is 0 Å². The Labute approximate surface area is 142 Å². The van der Waals surface area contributed by atoms with Crippen molar-refractivity contribution in [1.82, 2.24) is 15.2 Å². The Bertz CT molecular complexity index is 978. The van der Waals surface area contributed by atoms with E-state index in [0.29, 0.717) is 5.69 Å². The molecule has 0 fully saturated rings. The zero-order chi connectivity index (χ0) is 16.9. The molecule has 0 aromatic carbocycles. The summed E-state index contributed by atoms with van der Waals surface area (Å²) in [5.41, 5.74) is 0.644. The smallest absolute Gasteiger partial charge is 0.273 e. The maximum absolute atomic E-state index is 12.6. The number of hydrogen-bond acceptors (Lipinski definition) is 4. The van der Waals surface area contributed by atoms with Crippen LogP contribution in [0.25, 0.3) is 31.2 Å². The predicted octanol–water partition coefficient (Wildman–Crippen LogP) is 5.74. The number of aryl methyl sites for hydroxylation is 1. The maximum Gasteiger partial charge on any atom is 0.432 e. The molecule has 4 rings (SSSR count). The molecule has 1 N–H and O–H groups in total. The first kappa shape index (κ1) is 15.3. The number of nitrogens with one attached hydrogen (secondary N) is 1. The van der Waals surface area contributed by atoms with E-state index in [1.54, 1.807) is 34.9 Å². The highest BCUT2D eigenvalue weighted by atomic mass is 32.1. The van der Waals surface area contributed by atoms with Gasteiger partial charge in [-0.25, -0.2) is 0 Å². The Hall–Kier alpha value is -2.19. The first-order chi connectivity index (χ1) is 11.4. The molecule has 0 aliphatic carbocycles. The van der Waals surface area contributed by atoms with Gasteiger partial charge in [-0.3, -0.25) is 10.1 Å². The molecule has 0 aliphatic rings. The van der Waals surface area contributed by atoms with Crippen LogP contribution in [0.15, 0.2) is 36.5 Å². The molecule has 0 saturated heterocycles. The highest BCUT2D eigenvalue weighted by molar-refractivity contribution is 7.29. The standard InChI is InChI=1S/C16H10F3N3S2/c1-8-4-13-14(23-8)6-12(24-13)9-2-3-10(20-7-9)11-5-15(22-21-11)16(17,18)19/h2-7H,1H3,(H,21,22). The van der Waals surface area contributed by atoms with Crippen molar-refractivity contribution in [2.75, 3.05) is 0 Å². The van der Waals surface area contributed by atoms with Crippen LogP contribution in [0.2, 0.25) is 0 Å². The first-order valence-electron chi connectivity index (χ1n) is 6.99. The fourth-order valence-corrected chi connectivity index (χ4v) is 4.69. The lowest BCUT2D eigenvalue weighted by molar-refractivity contribution is -0.141. The maximum atomic E-state index is 12.6. The van der Waals surface area contributed by atoms with Crippen molar-refractivity contribution in [1.29, 1.82) is 0 Å². The van der Waals surface area contributed by atoms with Crippen molar-refractivity contribution in [3.05, 3.63) is 47.1 Å². The third kappa shape index (κ3) is 2.71. The Morgan fingerprint density at radius 2 is 1.79 bits per heavy atom. The summed E-state index contributed by atoms with van der Waals surface area (Å²) in [6.45, 7) is 2.08. The van der Waals surface area contributed by atoms with E-state index in [4.69, 9.17) is 0 Å². The number of nitrogens with zero attached hydrogens (tertiary/aromatic N) is 2. The lowest BCUT2D eigenvalue weighted by Gasteiger charge is -2.00. The number of hydrogen-bond donors (Lipinski definition) is 1. The number of thiophene rings is 2. The van der Waals surface area contributed by atoms with Crippen LogP contribution in [0.5, 0.6) is 0 Å². The first-order valence-corrected chi connectivity index (χ1v) is 8.63. The molecule has 8 heteroatoms. The summed E-state index contributed by atoms with van der Waals surface area (Å²) in [6, 6.07) is 8.77. The van der Waals surface area contributed by atoms with Crippen LogP contribution in [0.4, 0.5) is 13.2 Å². The molecule has 0 saturated carbocycles. The van der Waals surface area contributed by atoms with Gasteiger partial charge in [-0.1, -0.05) is 0 Å². The Morgan fingerprint density at radius 1 is 1.00 bits per heavy atom. The van der Waals surface area contributed by atoms with Crippen molar-refractivity contribution in [2.45, 2.75) is 13.1 Å². The van der Waals surface area contributed by atoms with E-state index in [-0.39, 0.29) is 5.69 Å². The van der Waals surface area contributed by atoms with Crippen LogP contribution < -0.4 is 0 Å². The second-order valence-corrected chi connectivity index (χ2v) is 7.66. The normalized spacial score (nSPS) is 12.2. The summed E-state index contributed by atoms with van der Waals surface area (Å²) in [4.78, 5) is 6.62. The van der Waals surface area contributed by atoms with Crippen molar-refractivity contribution in [3.8, 4) is 21.8 Å². The van der Waals surface area contributed by atoms with Gasteiger partial charge in [0.15, 0.2) is 0 Å². The molecule has 4 aromatic heterocycles. The number of fused-ring (bicyclic) bond motifs is 1. The lowest BCUT2D eigenvalue weighted by Crippen LogP contribution is -2.04. The van der Waals surface area contributed by atoms with Crippen LogP contribution in [-0.2, 0) is 6.18 Å². The van der Waals surface area contributed by atoms with E-state index in [1.807, 2.05) is 11.2 Å². The Kier molecular flexibility index (Phi) is 3.47. The molecule has 24 heavy (non-hydrogen) atoms. The van der Waals surface area contributed by atoms with E-state index >= 15 is 0 Å². The molecule has 0 aliphatic heterocycles. The third-order valence-corrected chi connectivity index (χ3v) is 5.78. The van der Waals surface area contributed by atoms with Gasteiger partial charge in [-0.2, -0.15) is 18.3 Å². The van der Waals surface area contributed by atoms with Crippen LogP contribution in [0.1, 0.15) is 10.6 Å². The molecule has 3 nitrogen and oxygen atoms in total. The number of pyridine rings is 1. The average molecular weight is 365 g/mol. The van der Waals surface area contributed by atoms with Gasteiger partial charge >= 0.3 is 6.18 Å². The molecule has 0 amide bonds. The topological polar surface area (TPSA) is 41.6 Å². The zero-order valence-corrected chi connectivity index (χ0v) is 13.9. The van der Waals surface area contributed by atoms with Gasteiger partial charge in [-0.15, -0.1) is 22.7 Å². The highest BCUT2D eigenvalue weighted by Crippen LogP contribution is 2.38. The zero-order valence-electron chi connectivity index (χ0n) is 12.3. The molecular formula is C16H10F3N3S2. The molecule has 4 heterocycles.